The largest absolute Gasteiger partial charge is 0.478 e. The van der Waals surface area contributed by atoms with Gasteiger partial charge in [-0.1, -0.05) is 6.07 Å². The Kier molecular flexibility index (Phi) is 5.50. The van der Waals surface area contributed by atoms with Crippen LogP contribution in [0, 0.1) is 0 Å². The summed E-state index contributed by atoms with van der Waals surface area (Å²) >= 11 is 0. The normalized spacial score (nSPS) is 14.3. The third kappa shape index (κ3) is 3.95. The van der Waals surface area contributed by atoms with Gasteiger partial charge in [-0.2, -0.15) is 13.2 Å². The standard InChI is InChI=1S/C13H13F3O6/c1-2-22-12(21)10(18)9(17)7-4-3-6(11(19)20)5-8(7)13(14,15)16/h3-5,9-10,17-18H,2H2,1H3,(H,19,20). The number of ether oxygens (including phenoxy) is 1. The molecule has 22 heavy (non-hydrogen) atoms. The van der Waals surface area contributed by atoms with Crippen molar-refractivity contribution < 1.29 is 42.8 Å². The molecule has 1 aromatic carbocycles. The fourth-order valence-electron chi connectivity index (χ4n) is 1.72. The van der Waals surface area contributed by atoms with Gasteiger partial charge in [0.1, 0.15) is 6.10 Å². The number of aromatic carboxylic acids is 1. The second-order valence-electron chi connectivity index (χ2n) is 4.25. The quantitative estimate of drug-likeness (QED) is 0.707. The molecule has 0 aliphatic carbocycles. The molecule has 2 atom stereocenters. The van der Waals surface area contributed by atoms with Gasteiger partial charge in [-0.15, -0.1) is 0 Å². The molecule has 0 saturated heterocycles. The molecule has 0 fully saturated rings. The van der Waals surface area contributed by atoms with Gasteiger partial charge in [0.15, 0.2) is 6.10 Å². The first-order chi connectivity index (χ1) is 10.1. The second-order valence-corrected chi connectivity index (χ2v) is 4.25. The maximum absolute atomic E-state index is 13.0. The van der Waals surface area contributed by atoms with Gasteiger partial charge in [0, 0.05) is 0 Å². The number of carboxylic acids is 1. The number of benzene rings is 1. The minimum absolute atomic E-state index is 0.132. The van der Waals surface area contributed by atoms with Crippen molar-refractivity contribution in [1.82, 2.24) is 0 Å². The van der Waals surface area contributed by atoms with E-state index in [9.17, 15) is 33.0 Å². The predicted octanol–water partition coefficient (Wildman–Crippen LogP) is 1.36. The van der Waals surface area contributed by atoms with E-state index in [2.05, 4.69) is 4.74 Å². The Hall–Kier alpha value is -2.13. The Bertz CT molecular complexity index is 569. The average Bonchev–Trinajstić information content (AvgIpc) is 2.44. The summed E-state index contributed by atoms with van der Waals surface area (Å²) in [6.07, 6.45) is -9.41. The zero-order valence-electron chi connectivity index (χ0n) is 11.3. The van der Waals surface area contributed by atoms with E-state index in [1.165, 1.54) is 6.92 Å². The predicted molar refractivity (Wildman–Crippen MR) is 66.0 cm³/mol. The van der Waals surface area contributed by atoms with Crippen LogP contribution in [-0.2, 0) is 15.7 Å². The molecular weight excluding hydrogens is 309 g/mol. The van der Waals surface area contributed by atoms with E-state index in [4.69, 9.17) is 5.11 Å². The number of aliphatic hydroxyl groups excluding tert-OH is 2. The first kappa shape index (κ1) is 17.9. The van der Waals surface area contributed by atoms with Gasteiger partial charge in [-0.25, -0.2) is 9.59 Å². The minimum atomic E-state index is -4.98. The van der Waals surface area contributed by atoms with E-state index in [1.807, 2.05) is 0 Å². The van der Waals surface area contributed by atoms with Gasteiger partial charge in [-0.05, 0) is 24.6 Å². The molecule has 6 nitrogen and oxygen atoms in total. The van der Waals surface area contributed by atoms with Crippen LogP contribution in [0.1, 0.15) is 34.5 Å². The van der Waals surface area contributed by atoms with Crippen LogP contribution in [0.2, 0.25) is 0 Å². The lowest BCUT2D eigenvalue weighted by Crippen LogP contribution is -2.31. The number of hydrogen-bond donors (Lipinski definition) is 3. The van der Waals surface area contributed by atoms with E-state index >= 15 is 0 Å². The molecule has 9 heteroatoms. The van der Waals surface area contributed by atoms with E-state index in [0.717, 1.165) is 6.07 Å². The van der Waals surface area contributed by atoms with Gasteiger partial charge < -0.3 is 20.1 Å². The van der Waals surface area contributed by atoms with E-state index in [1.54, 1.807) is 0 Å². The number of rotatable bonds is 5. The fourth-order valence-corrected chi connectivity index (χ4v) is 1.72. The van der Waals surface area contributed by atoms with Crippen LogP contribution >= 0.6 is 0 Å². The van der Waals surface area contributed by atoms with Gasteiger partial charge in [-0.3, -0.25) is 0 Å². The van der Waals surface area contributed by atoms with Gasteiger partial charge in [0.25, 0.3) is 0 Å². The van der Waals surface area contributed by atoms with E-state index in [0.29, 0.717) is 12.1 Å². The van der Waals surface area contributed by atoms with Crippen molar-refractivity contribution in [2.24, 2.45) is 0 Å². The number of alkyl halides is 3. The molecule has 0 amide bonds. The molecule has 1 aromatic rings. The van der Waals surface area contributed by atoms with Crippen molar-refractivity contribution in [3.8, 4) is 0 Å². The summed E-state index contributed by atoms with van der Waals surface area (Å²) in [4.78, 5) is 22.0. The molecule has 2 unspecified atom stereocenters. The summed E-state index contributed by atoms with van der Waals surface area (Å²) in [6, 6.07) is 1.84. The smallest absolute Gasteiger partial charge is 0.416 e. The molecule has 1 rings (SSSR count). The Morgan fingerprint density at radius 2 is 1.86 bits per heavy atom. The van der Waals surface area contributed by atoms with Gasteiger partial charge in [0.2, 0.25) is 0 Å². The maximum atomic E-state index is 13.0. The van der Waals surface area contributed by atoms with Crippen LogP contribution in [0.5, 0.6) is 0 Å². The first-order valence-electron chi connectivity index (χ1n) is 6.06. The van der Waals surface area contributed by atoms with Gasteiger partial charge in [0.05, 0.1) is 17.7 Å². The average molecular weight is 322 g/mol. The van der Waals surface area contributed by atoms with Crippen LogP contribution in [0.15, 0.2) is 18.2 Å². The topological polar surface area (TPSA) is 104 Å². The van der Waals surface area contributed by atoms with Gasteiger partial charge >= 0.3 is 18.1 Å². The summed E-state index contributed by atoms with van der Waals surface area (Å²) in [5.74, 6) is -2.87. The zero-order valence-corrected chi connectivity index (χ0v) is 11.3. The van der Waals surface area contributed by atoms with Crippen LogP contribution in [0.3, 0.4) is 0 Å². The van der Waals surface area contributed by atoms with Crippen molar-refractivity contribution in [3.63, 3.8) is 0 Å². The highest BCUT2D eigenvalue weighted by atomic mass is 19.4. The molecule has 0 aliphatic rings. The molecule has 0 aliphatic heterocycles. The SMILES string of the molecule is CCOC(=O)C(O)C(O)c1ccc(C(=O)O)cc1C(F)(F)F. The fraction of sp³-hybridized carbons (Fsp3) is 0.385. The highest BCUT2D eigenvalue weighted by Crippen LogP contribution is 2.36. The highest BCUT2D eigenvalue weighted by Gasteiger charge is 2.38. The zero-order chi connectivity index (χ0) is 17.1. The van der Waals surface area contributed by atoms with Crippen LogP contribution in [0.25, 0.3) is 0 Å². The highest BCUT2D eigenvalue weighted by molar-refractivity contribution is 5.88. The molecule has 0 bridgehead atoms. The Morgan fingerprint density at radius 3 is 2.32 bits per heavy atom. The van der Waals surface area contributed by atoms with Crippen molar-refractivity contribution in [2.45, 2.75) is 25.3 Å². The second kappa shape index (κ2) is 6.75. The molecular formula is C13H13F3O6. The summed E-state index contributed by atoms with van der Waals surface area (Å²) in [7, 11) is 0. The number of halogens is 3. The lowest BCUT2D eigenvalue weighted by Gasteiger charge is -2.21. The number of aliphatic hydroxyl groups is 2. The van der Waals surface area contributed by atoms with E-state index in [-0.39, 0.29) is 6.61 Å². The van der Waals surface area contributed by atoms with Crippen LogP contribution in [-0.4, -0.2) is 40.0 Å². The minimum Gasteiger partial charge on any atom is -0.478 e. The summed E-state index contributed by atoms with van der Waals surface area (Å²) < 4.78 is 43.3. The molecule has 3 N–H and O–H groups in total. The monoisotopic (exact) mass is 322 g/mol. The lowest BCUT2D eigenvalue weighted by molar-refractivity contribution is -0.161. The van der Waals surface area contributed by atoms with Crippen molar-refractivity contribution in [3.05, 3.63) is 34.9 Å². The van der Waals surface area contributed by atoms with E-state index < -0.39 is 47.0 Å². The molecule has 122 valence electrons. The number of carbonyl (C=O) groups is 2. The third-order valence-electron chi connectivity index (χ3n) is 2.75. The number of esters is 1. The molecule has 0 saturated carbocycles. The van der Waals surface area contributed by atoms with Crippen molar-refractivity contribution >= 4 is 11.9 Å². The van der Waals surface area contributed by atoms with Crippen molar-refractivity contribution in [2.75, 3.05) is 6.61 Å². The molecule has 0 radical (unpaired) electrons. The Balaban J connectivity index is 3.28. The third-order valence-corrected chi connectivity index (χ3v) is 2.75. The summed E-state index contributed by atoms with van der Waals surface area (Å²) in [5, 5.41) is 28.0. The number of carboxylic acid groups (broad SMARTS) is 1. The van der Waals surface area contributed by atoms with Crippen LogP contribution in [0.4, 0.5) is 13.2 Å². The Morgan fingerprint density at radius 1 is 1.27 bits per heavy atom. The number of hydrogen-bond acceptors (Lipinski definition) is 5. The molecule has 0 aromatic heterocycles. The summed E-state index contributed by atoms with van der Waals surface area (Å²) in [6.45, 7) is 1.28. The molecule has 0 heterocycles. The number of carbonyl (C=O) groups excluding carboxylic acids is 1. The maximum Gasteiger partial charge on any atom is 0.416 e. The van der Waals surface area contributed by atoms with Crippen molar-refractivity contribution in [1.29, 1.82) is 0 Å². The first-order valence-corrected chi connectivity index (χ1v) is 6.06. The Labute approximate surface area is 122 Å². The molecule has 0 spiro atoms. The lowest BCUT2D eigenvalue weighted by atomic mass is 9.96. The summed E-state index contributed by atoms with van der Waals surface area (Å²) in [5.41, 5.74) is -2.92. The van der Waals surface area contributed by atoms with Crippen LogP contribution < -0.4 is 0 Å².